The average molecular weight is 300 g/mol. The topological polar surface area (TPSA) is 50.2 Å². The Morgan fingerprint density at radius 2 is 2.11 bits per heavy atom. The highest BCUT2D eigenvalue weighted by Gasteiger charge is 2.06. The number of rotatable bonds is 5. The van der Waals surface area contributed by atoms with Crippen LogP contribution in [0.25, 0.3) is 0 Å². The van der Waals surface area contributed by atoms with Crippen LogP contribution >= 0.6 is 34.7 Å². The first kappa shape index (κ1) is 13.4. The van der Waals surface area contributed by atoms with Gasteiger partial charge in [0.15, 0.2) is 0 Å². The minimum Gasteiger partial charge on any atom is -0.481 e. The van der Waals surface area contributed by atoms with E-state index in [2.05, 4.69) is 4.98 Å². The van der Waals surface area contributed by atoms with Crippen molar-refractivity contribution in [2.24, 2.45) is 0 Å². The Kier molecular flexibility index (Phi) is 4.63. The molecule has 18 heavy (non-hydrogen) atoms. The summed E-state index contributed by atoms with van der Waals surface area (Å²) in [6, 6.07) is 7.66. The van der Waals surface area contributed by atoms with E-state index in [1.165, 1.54) is 16.9 Å². The van der Waals surface area contributed by atoms with Gasteiger partial charge in [-0.3, -0.25) is 4.79 Å². The summed E-state index contributed by atoms with van der Waals surface area (Å²) in [5.41, 5.74) is 1.78. The van der Waals surface area contributed by atoms with Crippen LogP contribution in [0, 0.1) is 0 Å². The molecule has 1 heterocycles. The van der Waals surface area contributed by atoms with Crippen LogP contribution in [0.4, 0.5) is 0 Å². The molecule has 2 rings (SSSR count). The maximum atomic E-state index is 10.5. The monoisotopic (exact) mass is 299 g/mol. The number of hydrogen-bond donors (Lipinski definition) is 1. The molecular weight excluding hydrogens is 290 g/mol. The summed E-state index contributed by atoms with van der Waals surface area (Å²) < 4.78 is 0.890. The second-order valence-electron chi connectivity index (χ2n) is 3.59. The maximum Gasteiger partial charge on any atom is 0.309 e. The molecule has 0 aliphatic heterocycles. The summed E-state index contributed by atoms with van der Waals surface area (Å²) in [6.45, 7) is 0. The molecule has 1 N–H and O–H groups in total. The van der Waals surface area contributed by atoms with Crippen molar-refractivity contribution in [2.45, 2.75) is 16.5 Å². The molecule has 1 aromatic heterocycles. The van der Waals surface area contributed by atoms with Gasteiger partial charge in [-0.05, 0) is 17.7 Å². The minimum atomic E-state index is -0.852. The Balaban J connectivity index is 1.92. The third kappa shape index (κ3) is 4.01. The van der Waals surface area contributed by atoms with Crippen molar-refractivity contribution in [3.05, 3.63) is 45.9 Å². The molecule has 0 aliphatic rings. The van der Waals surface area contributed by atoms with E-state index >= 15 is 0 Å². The van der Waals surface area contributed by atoms with Gasteiger partial charge < -0.3 is 5.11 Å². The lowest BCUT2D eigenvalue weighted by Crippen LogP contribution is -1.99. The van der Waals surface area contributed by atoms with Crippen LogP contribution in [0.15, 0.2) is 34.0 Å². The second-order valence-corrected chi connectivity index (χ2v) is 6.11. The van der Waals surface area contributed by atoms with Gasteiger partial charge >= 0.3 is 5.97 Å². The molecular formula is C12H10ClNO2S2. The lowest BCUT2D eigenvalue weighted by molar-refractivity contribution is -0.136. The molecule has 3 nitrogen and oxygen atoms in total. The van der Waals surface area contributed by atoms with E-state index in [1.807, 2.05) is 24.3 Å². The first-order valence-electron chi connectivity index (χ1n) is 5.17. The third-order valence-electron chi connectivity index (χ3n) is 2.14. The normalized spacial score (nSPS) is 10.5. The van der Waals surface area contributed by atoms with Crippen LogP contribution in [0.5, 0.6) is 0 Å². The van der Waals surface area contributed by atoms with Gasteiger partial charge in [-0.25, -0.2) is 4.98 Å². The van der Waals surface area contributed by atoms with Crippen LogP contribution in [0.3, 0.4) is 0 Å². The van der Waals surface area contributed by atoms with E-state index in [9.17, 15) is 4.79 Å². The fourth-order valence-electron chi connectivity index (χ4n) is 1.32. The van der Waals surface area contributed by atoms with Crippen molar-refractivity contribution in [3.63, 3.8) is 0 Å². The van der Waals surface area contributed by atoms with Crippen molar-refractivity contribution < 1.29 is 9.90 Å². The summed E-state index contributed by atoms with van der Waals surface area (Å²) in [7, 11) is 0. The van der Waals surface area contributed by atoms with Crippen molar-refractivity contribution in [3.8, 4) is 0 Å². The zero-order valence-electron chi connectivity index (χ0n) is 9.30. The van der Waals surface area contributed by atoms with Crippen LogP contribution in [0.2, 0.25) is 5.02 Å². The van der Waals surface area contributed by atoms with Gasteiger partial charge in [0.05, 0.1) is 12.1 Å². The molecule has 0 aliphatic carbocycles. The number of halogens is 1. The molecule has 94 valence electrons. The first-order chi connectivity index (χ1) is 8.63. The molecule has 1 aromatic carbocycles. The molecule has 0 bridgehead atoms. The minimum absolute atomic E-state index is 0.0159. The average Bonchev–Trinajstić information content (AvgIpc) is 2.75. The fraction of sp³-hybridized carbons (Fsp3) is 0.167. The molecule has 0 amide bonds. The molecule has 2 aromatic rings. The van der Waals surface area contributed by atoms with E-state index < -0.39 is 5.97 Å². The largest absolute Gasteiger partial charge is 0.481 e. The Hall–Kier alpha value is -1.04. The number of nitrogens with zero attached hydrogens (tertiary/aromatic N) is 1. The Labute approximate surface area is 118 Å². The molecule has 0 radical (unpaired) electrons. The van der Waals surface area contributed by atoms with Crippen LogP contribution in [0.1, 0.15) is 11.3 Å². The van der Waals surface area contributed by atoms with Crippen molar-refractivity contribution in [1.29, 1.82) is 0 Å². The van der Waals surface area contributed by atoms with Crippen molar-refractivity contribution >= 4 is 40.7 Å². The Morgan fingerprint density at radius 1 is 1.39 bits per heavy atom. The summed E-state index contributed by atoms with van der Waals surface area (Å²) in [4.78, 5) is 14.8. The molecule has 0 spiro atoms. The zero-order valence-corrected chi connectivity index (χ0v) is 11.7. The summed E-state index contributed by atoms with van der Waals surface area (Å²) in [5, 5.41) is 11.2. The van der Waals surface area contributed by atoms with E-state index in [-0.39, 0.29) is 6.42 Å². The van der Waals surface area contributed by atoms with Gasteiger partial charge in [0.25, 0.3) is 0 Å². The van der Waals surface area contributed by atoms with Crippen LogP contribution in [-0.4, -0.2) is 16.1 Å². The quantitative estimate of drug-likeness (QED) is 0.855. The number of aliphatic carboxylic acids is 1. The van der Waals surface area contributed by atoms with E-state index in [0.29, 0.717) is 5.69 Å². The Morgan fingerprint density at radius 3 is 2.78 bits per heavy atom. The SMILES string of the molecule is O=C(O)Cc1csc(SCc2ccc(Cl)cc2)n1. The molecule has 0 unspecified atom stereocenters. The first-order valence-corrected chi connectivity index (χ1v) is 7.41. The second kappa shape index (κ2) is 6.22. The van der Waals surface area contributed by atoms with E-state index in [1.54, 1.807) is 17.1 Å². The molecule has 0 saturated carbocycles. The van der Waals surface area contributed by atoms with Crippen molar-refractivity contribution in [2.75, 3.05) is 0 Å². The number of carboxylic acids is 1. The summed E-state index contributed by atoms with van der Waals surface area (Å²) in [5.74, 6) is -0.0495. The highest BCUT2D eigenvalue weighted by atomic mass is 35.5. The lowest BCUT2D eigenvalue weighted by atomic mass is 10.2. The lowest BCUT2D eigenvalue weighted by Gasteiger charge is -1.98. The number of carboxylic acid groups (broad SMARTS) is 1. The van der Waals surface area contributed by atoms with Gasteiger partial charge in [-0.15, -0.1) is 11.3 Å². The Bertz CT molecular complexity index is 539. The summed E-state index contributed by atoms with van der Waals surface area (Å²) >= 11 is 8.88. The smallest absolute Gasteiger partial charge is 0.309 e. The van der Waals surface area contributed by atoms with E-state index in [0.717, 1.165) is 15.1 Å². The van der Waals surface area contributed by atoms with E-state index in [4.69, 9.17) is 16.7 Å². The van der Waals surface area contributed by atoms with Gasteiger partial charge in [-0.1, -0.05) is 35.5 Å². The third-order valence-corrected chi connectivity index (χ3v) is 4.53. The fourth-order valence-corrected chi connectivity index (χ4v) is 3.24. The highest BCUT2D eigenvalue weighted by molar-refractivity contribution is 8.00. The van der Waals surface area contributed by atoms with Gasteiger partial charge in [0, 0.05) is 16.2 Å². The number of thioether (sulfide) groups is 1. The van der Waals surface area contributed by atoms with Crippen LogP contribution in [-0.2, 0) is 17.0 Å². The number of thiazole rings is 1. The highest BCUT2D eigenvalue weighted by Crippen LogP contribution is 2.26. The number of carbonyl (C=O) groups is 1. The van der Waals surface area contributed by atoms with Crippen molar-refractivity contribution in [1.82, 2.24) is 4.98 Å². The van der Waals surface area contributed by atoms with Gasteiger partial charge in [0.1, 0.15) is 4.34 Å². The predicted octanol–water partition coefficient (Wildman–Crippen LogP) is 3.72. The maximum absolute atomic E-state index is 10.5. The van der Waals surface area contributed by atoms with Gasteiger partial charge in [-0.2, -0.15) is 0 Å². The molecule has 0 saturated heterocycles. The number of hydrogen-bond acceptors (Lipinski definition) is 4. The molecule has 0 fully saturated rings. The van der Waals surface area contributed by atoms with Gasteiger partial charge in [0.2, 0.25) is 0 Å². The number of benzene rings is 1. The number of aromatic nitrogens is 1. The van der Waals surface area contributed by atoms with Crippen LogP contribution < -0.4 is 0 Å². The molecule has 0 atom stereocenters. The predicted molar refractivity (Wildman–Crippen MR) is 74.5 cm³/mol. The standard InChI is InChI=1S/C12H10ClNO2S2/c13-9-3-1-8(2-4-9)6-17-12-14-10(7-18-12)5-11(15)16/h1-4,7H,5-6H2,(H,15,16). The zero-order chi connectivity index (χ0) is 13.0. The summed E-state index contributed by atoms with van der Waals surface area (Å²) in [6.07, 6.45) is -0.0159. The molecule has 6 heteroatoms.